The van der Waals surface area contributed by atoms with Crippen LogP contribution in [0, 0.1) is 11.8 Å². The summed E-state index contributed by atoms with van der Waals surface area (Å²) in [6, 6.07) is 0.0156. The summed E-state index contributed by atoms with van der Waals surface area (Å²) in [5, 5.41) is 8.83. The first-order chi connectivity index (χ1) is 8.10. The summed E-state index contributed by atoms with van der Waals surface area (Å²) in [7, 11) is 0. The highest BCUT2D eigenvalue weighted by molar-refractivity contribution is 5.79. The molecule has 0 aliphatic heterocycles. The molecule has 0 aromatic rings. The van der Waals surface area contributed by atoms with Gasteiger partial charge in [0.05, 0.1) is 5.92 Å². The molecule has 0 aromatic carbocycles. The van der Waals surface area contributed by atoms with Crippen molar-refractivity contribution in [2.24, 2.45) is 17.6 Å². The van der Waals surface area contributed by atoms with Crippen LogP contribution in [0.5, 0.6) is 0 Å². The summed E-state index contributed by atoms with van der Waals surface area (Å²) in [4.78, 5) is 14.2. The van der Waals surface area contributed by atoms with Crippen LogP contribution < -0.4 is 5.73 Å². The smallest absolute Gasteiger partial charge is 0.227 e. The van der Waals surface area contributed by atoms with E-state index in [9.17, 15) is 4.79 Å². The van der Waals surface area contributed by atoms with Gasteiger partial charge in [-0.2, -0.15) is 0 Å². The predicted octanol–water partition coefficient (Wildman–Crippen LogP) is 0.981. The van der Waals surface area contributed by atoms with Crippen molar-refractivity contribution in [2.45, 2.75) is 45.6 Å². The van der Waals surface area contributed by atoms with E-state index in [4.69, 9.17) is 10.8 Å². The molecule has 0 heterocycles. The van der Waals surface area contributed by atoms with E-state index in [1.807, 2.05) is 11.8 Å². The number of carbonyl (C=O) groups is 1. The van der Waals surface area contributed by atoms with Crippen molar-refractivity contribution < 1.29 is 9.90 Å². The number of aliphatic hydroxyl groups excluding tert-OH is 1. The van der Waals surface area contributed by atoms with Crippen LogP contribution in [-0.2, 0) is 4.79 Å². The van der Waals surface area contributed by atoms with Crippen LogP contribution in [0.4, 0.5) is 0 Å². The van der Waals surface area contributed by atoms with E-state index in [1.165, 1.54) is 0 Å². The van der Waals surface area contributed by atoms with Gasteiger partial charge in [-0.25, -0.2) is 0 Å². The Balaban J connectivity index is 2.58. The topological polar surface area (TPSA) is 66.6 Å². The lowest BCUT2D eigenvalue weighted by molar-refractivity contribution is -0.137. The number of nitrogens with zero attached hydrogens (tertiary/aromatic N) is 1. The molecule has 3 unspecified atom stereocenters. The molecule has 0 aromatic heterocycles. The normalized spacial score (nSPS) is 29.1. The van der Waals surface area contributed by atoms with Crippen molar-refractivity contribution >= 4 is 5.91 Å². The van der Waals surface area contributed by atoms with Crippen LogP contribution in [0.1, 0.15) is 39.5 Å². The van der Waals surface area contributed by atoms with Gasteiger partial charge in [0, 0.05) is 25.7 Å². The average molecular weight is 242 g/mol. The Labute approximate surface area is 104 Å². The highest BCUT2D eigenvalue weighted by atomic mass is 16.3. The maximum Gasteiger partial charge on any atom is 0.227 e. The Morgan fingerprint density at radius 1 is 1.47 bits per heavy atom. The summed E-state index contributed by atoms with van der Waals surface area (Å²) in [6.45, 7) is 5.65. The van der Waals surface area contributed by atoms with E-state index in [0.717, 1.165) is 19.3 Å². The molecule has 3 N–H and O–H groups in total. The van der Waals surface area contributed by atoms with Crippen LogP contribution in [0.25, 0.3) is 0 Å². The summed E-state index contributed by atoms with van der Waals surface area (Å²) >= 11 is 0. The molecule has 1 fully saturated rings. The van der Waals surface area contributed by atoms with Gasteiger partial charge in [-0.3, -0.25) is 4.79 Å². The van der Waals surface area contributed by atoms with Gasteiger partial charge >= 0.3 is 0 Å². The van der Waals surface area contributed by atoms with Crippen molar-refractivity contribution in [1.29, 1.82) is 0 Å². The van der Waals surface area contributed by atoms with Crippen LogP contribution >= 0.6 is 0 Å². The molecule has 1 rings (SSSR count). The van der Waals surface area contributed by atoms with Gasteiger partial charge in [-0.05, 0) is 38.5 Å². The van der Waals surface area contributed by atoms with Gasteiger partial charge in [-0.15, -0.1) is 0 Å². The number of aliphatic hydroxyl groups is 1. The quantitative estimate of drug-likeness (QED) is 0.755. The largest absolute Gasteiger partial charge is 0.396 e. The van der Waals surface area contributed by atoms with Crippen molar-refractivity contribution in [2.75, 3.05) is 19.7 Å². The van der Waals surface area contributed by atoms with Crippen molar-refractivity contribution in [3.8, 4) is 0 Å². The fourth-order valence-corrected chi connectivity index (χ4v) is 2.61. The van der Waals surface area contributed by atoms with Gasteiger partial charge < -0.3 is 15.7 Å². The molecule has 4 heteroatoms. The van der Waals surface area contributed by atoms with E-state index < -0.39 is 0 Å². The highest BCUT2D eigenvalue weighted by Crippen LogP contribution is 2.29. The SMILES string of the molecule is CCN(CCCO)C(=O)C1CC(C)CCC1N. The zero-order valence-corrected chi connectivity index (χ0v) is 11.1. The van der Waals surface area contributed by atoms with E-state index in [1.54, 1.807) is 0 Å². The van der Waals surface area contributed by atoms with E-state index >= 15 is 0 Å². The van der Waals surface area contributed by atoms with Gasteiger partial charge in [0.2, 0.25) is 5.91 Å². The second-order valence-electron chi connectivity index (χ2n) is 5.18. The number of carbonyl (C=O) groups excluding carboxylic acids is 1. The number of nitrogens with two attached hydrogens (primary N) is 1. The molecule has 1 saturated carbocycles. The molecule has 4 nitrogen and oxygen atoms in total. The average Bonchev–Trinajstić information content (AvgIpc) is 2.33. The third kappa shape index (κ3) is 3.96. The zero-order chi connectivity index (χ0) is 12.8. The van der Waals surface area contributed by atoms with E-state index in [2.05, 4.69) is 6.92 Å². The van der Waals surface area contributed by atoms with Crippen molar-refractivity contribution in [3.63, 3.8) is 0 Å². The lowest BCUT2D eigenvalue weighted by Gasteiger charge is -2.35. The predicted molar refractivity (Wildman–Crippen MR) is 68.4 cm³/mol. The van der Waals surface area contributed by atoms with Crippen molar-refractivity contribution in [1.82, 2.24) is 4.90 Å². The molecular weight excluding hydrogens is 216 g/mol. The number of hydrogen-bond donors (Lipinski definition) is 2. The molecule has 3 atom stereocenters. The first-order valence-electron chi connectivity index (χ1n) is 6.75. The first kappa shape index (κ1) is 14.5. The second kappa shape index (κ2) is 6.97. The fraction of sp³-hybridized carbons (Fsp3) is 0.923. The third-order valence-electron chi connectivity index (χ3n) is 3.76. The Morgan fingerprint density at radius 2 is 2.18 bits per heavy atom. The zero-order valence-electron chi connectivity index (χ0n) is 11.1. The molecule has 0 spiro atoms. The maximum absolute atomic E-state index is 12.4. The van der Waals surface area contributed by atoms with Crippen molar-refractivity contribution in [3.05, 3.63) is 0 Å². The van der Waals surface area contributed by atoms with Gasteiger partial charge in [0.15, 0.2) is 0 Å². The molecule has 1 aliphatic carbocycles. The van der Waals surface area contributed by atoms with Crippen LogP contribution in [0.3, 0.4) is 0 Å². The summed E-state index contributed by atoms with van der Waals surface area (Å²) in [5.41, 5.74) is 6.07. The van der Waals surface area contributed by atoms with E-state index in [-0.39, 0.29) is 24.5 Å². The Kier molecular flexibility index (Phi) is 5.92. The molecule has 100 valence electrons. The fourth-order valence-electron chi connectivity index (χ4n) is 2.61. The Morgan fingerprint density at radius 3 is 2.76 bits per heavy atom. The molecule has 1 amide bonds. The molecule has 0 saturated heterocycles. The van der Waals surface area contributed by atoms with E-state index in [0.29, 0.717) is 25.4 Å². The van der Waals surface area contributed by atoms with Crippen LogP contribution in [0.15, 0.2) is 0 Å². The lowest BCUT2D eigenvalue weighted by atomic mass is 9.78. The van der Waals surface area contributed by atoms with Gasteiger partial charge in [0.1, 0.15) is 0 Å². The minimum Gasteiger partial charge on any atom is -0.396 e. The molecular formula is C13H26N2O2. The second-order valence-corrected chi connectivity index (χ2v) is 5.18. The van der Waals surface area contributed by atoms with Gasteiger partial charge in [-0.1, -0.05) is 6.92 Å². The van der Waals surface area contributed by atoms with Gasteiger partial charge in [0.25, 0.3) is 0 Å². The highest BCUT2D eigenvalue weighted by Gasteiger charge is 2.33. The number of amides is 1. The molecule has 0 radical (unpaired) electrons. The minimum atomic E-state index is -0.0163. The lowest BCUT2D eigenvalue weighted by Crippen LogP contribution is -2.47. The molecule has 1 aliphatic rings. The molecule has 0 bridgehead atoms. The first-order valence-corrected chi connectivity index (χ1v) is 6.75. The maximum atomic E-state index is 12.4. The monoisotopic (exact) mass is 242 g/mol. The number of hydrogen-bond acceptors (Lipinski definition) is 3. The summed E-state index contributed by atoms with van der Waals surface area (Å²) in [5.74, 6) is 0.762. The summed E-state index contributed by atoms with van der Waals surface area (Å²) in [6.07, 6.45) is 3.65. The standard InChI is InChI=1S/C13H26N2O2/c1-3-15(7-4-8-16)13(17)11-9-10(2)5-6-12(11)14/h10-12,16H,3-9,14H2,1-2H3. The molecule has 17 heavy (non-hydrogen) atoms. The summed E-state index contributed by atoms with van der Waals surface area (Å²) < 4.78 is 0. The number of rotatable bonds is 5. The Bertz CT molecular complexity index is 246. The third-order valence-corrected chi connectivity index (χ3v) is 3.76. The van der Waals surface area contributed by atoms with Crippen LogP contribution in [-0.4, -0.2) is 41.7 Å². The Hall–Kier alpha value is -0.610. The van der Waals surface area contributed by atoms with Crippen LogP contribution in [0.2, 0.25) is 0 Å². The minimum absolute atomic E-state index is 0.0156.